The van der Waals surface area contributed by atoms with Crippen molar-refractivity contribution < 1.29 is 5.11 Å². The fourth-order valence-corrected chi connectivity index (χ4v) is 3.42. The van der Waals surface area contributed by atoms with E-state index in [0.717, 1.165) is 29.0 Å². The predicted octanol–water partition coefficient (Wildman–Crippen LogP) is 2.36. The van der Waals surface area contributed by atoms with Crippen LogP contribution in [0.5, 0.6) is 0 Å². The molecule has 3 rings (SSSR count). The Morgan fingerprint density at radius 1 is 1.44 bits per heavy atom. The van der Waals surface area contributed by atoms with Gasteiger partial charge in [0, 0.05) is 19.0 Å². The Kier molecular flexibility index (Phi) is 2.64. The molecular weight excluding hydrogens is 220 g/mol. The Morgan fingerprint density at radius 3 is 2.81 bits per heavy atom. The summed E-state index contributed by atoms with van der Waals surface area (Å²) in [5.74, 6) is 1.43. The first-order chi connectivity index (χ1) is 7.78. The molecule has 16 heavy (non-hydrogen) atoms. The number of hydrogen-bond donors (Lipinski definition) is 1. The molecule has 4 heteroatoms. The molecular formula is C12H18N2OS. The second-order valence-corrected chi connectivity index (χ2v) is 6.14. The van der Waals surface area contributed by atoms with Crippen LogP contribution in [0.2, 0.25) is 0 Å². The summed E-state index contributed by atoms with van der Waals surface area (Å²) in [5.41, 5.74) is 1.18. The minimum atomic E-state index is 0.160. The van der Waals surface area contributed by atoms with Crippen LogP contribution in [-0.4, -0.2) is 23.2 Å². The van der Waals surface area contributed by atoms with E-state index in [1.807, 2.05) is 0 Å². The maximum absolute atomic E-state index is 9.36. The summed E-state index contributed by atoms with van der Waals surface area (Å²) in [6.07, 6.45) is 3.78. The van der Waals surface area contributed by atoms with E-state index in [4.69, 9.17) is 4.98 Å². The van der Waals surface area contributed by atoms with Crippen molar-refractivity contribution in [3.8, 4) is 0 Å². The van der Waals surface area contributed by atoms with Crippen LogP contribution in [0.25, 0.3) is 0 Å². The van der Waals surface area contributed by atoms with Crippen molar-refractivity contribution in [2.24, 2.45) is 5.92 Å². The molecule has 1 aromatic heterocycles. The number of hydrogen-bond acceptors (Lipinski definition) is 4. The minimum Gasteiger partial charge on any atom is -0.391 e. The molecule has 0 radical (unpaired) electrons. The summed E-state index contributed by atoms with van der Waals surface area (Å²) < 4.78 is 0. The van der Waals surface area contributed by atoms with Gasteiger partial charge in [-0.1, -0.05) is 18.3 Å². The van der Waals surface area contributed by atoms with E-state index in [1.165, 1.54) is 25.0 Å². The molecule has 1 aromatic rings. The topological polar surface area (TPSA) is 36.4 Å². The summed E-state index contributed by atoms with van der Waals surface area (Å²) in [5, 5.41) is 10.5. The fraction of sp³-hybridized carbons (Fsp3) is 0.750. The number of aromatic nitrogens is 1. The van der Waals surface area contributed by atoms with E-state index in [0.29, 0.717) is 5.92 Å². The van der Waals surface area contributed by atoms with Gasteiger partial charge in [-0.25, -0.2) is 4.98 Å². The molecule has 88 valence electrons. The second-order valence-electron chi connectivity index (χ2n) is 5.08. The average Bonchev–Trinajstić information content (AvgIpc) is 2.88. The van der Waals surface area contributed by atoms with Crippen LogP contribution in [0, 0.1) is 5.92 Å². The van der Waals surface area contributed by atoms with Crippen LogP contribution >= 0.6 is 11.3 Å². The number of thiazole rings is 1. The quantitative estimate of drug-likeness (QED) is 0.878. The van der Waals surface area contributed by atoms with Crippen LogP contribution in [0.1, 0.15) is 42.7 Å². The zero-order valence-electron chi connectivity index (χ0n) is 9.65. The molecule has 0 amide bonds. The largest absolute Gasteiger partial charge is 0.391 e. The molecule has 0 bridgehead atoms. The molecule has 1 saturated carbocycles. The molecule has 1 N–H and O–H groups in total. The third kappa shape index (κ3) is 1.84. The summed E-state index contributed by atoms with van der Waals surface area (Å²) in [6, 6.07) is 0. The van der Waals surface area contributed by atoms with Crippen molar-refractivity contribution in [3.05, 3.63) is 10.6 Å². The van der Waals surface area contributed by atoms with E-state index in [9.17, 15) is 5.11 Å². The van der Waals surface area contributed by atoms with E-state index >= 15 is 0 Å². The third-order valence-corrected chi connectivity index (χ3v) is 4.64. The number of aliphatic hydroxyl groups is 1. The number of aliphatic hydroxyl groups excluding tert-OH is 1. The van der Waals surface area contributed by atoms with Gasteiger partial charge in [-0.05, 0) is 25.2 Å². The lowest BCUT2D eigenvalue weighted by atomic mass is 10.2. The van der Waals surface area contributed by atoms with Gasteiger partial charge in [0.2, 0.25) is 0 Å². The summed E-state index contributed by atoms with van der Waals surface area (Å²) in [7, 11) is 0. The lowest BCUT2D eigenvalue weighted by Gasteiger charge is -2.13. The maximum Gasteiger partial charge on any atom is 0.185 e. The zero-order valence-corrected chi connectivity index (χ0v) is 10.5. The standard InChI is InChI=1S/C12H18N2OS/c1-8-4-5-14(6-8)12-13-11(9-2-3-9)10(7-15)16-12/h8-9,15H,2-7H2,1H3. The SMILES string of the molecule is CC1CCN(c2nc(C3CC3)c(CO)s2)C1. The van der Waals surface area contributed by atoms with Crippen molar-refractivity contribution in [3.63, 3.8) is 0 Å². The first-order valence-electron chi connectivity index (χ1n) is 6.13. The number of rotatable bonds is 3. The monoisotopic (exact) mass is 238 g/mol. The smallest absolute Gasteiger partial charge is 0.185 e. The van der Waals surface area contributed by atoms with Gasteiger partial charge in [0.15, 0.2) is 5.13 Å². The highest BCUT2D eigenvalue weighted by Gasteiger charge is 2.31. The zero-order chi connectivity index (χ0) is 11.1. The first-order valence-corrected chi connectivity index (χ1v) is 6.95. The van der Waals surface area contributed by atoms with E-state index in [-0.39, 0.29) is 6.61 Å². The molecule has 0 aromatic carbocycles. The third-order valence-electron chi connectivity index (χ3n) is 3.52. The van der Waals surface area contributed by atoms with Crippen LogP contribution in [-0.2, 0) is 6.61 Å². The minimum absolute atomic E-state index is 0.160. The molecule has 1 aliphatic carbocycles. The summed E-state index contributed by atoms with van der Waals surface area (Å²) in [6.45, 7) is 4.71. The highest BCUT2D eigenvalue weighted by atomic mass is 32.1. The van der Waals surface area contributed by atoms with Gasteiger partial charge in [0.05, 0.1) is 17.2 Å². The Balaban J connectivity index is 1.84. The normalized spacial score (nSPS) is 25.4. The Labute approximate surface area is 100 Å². The molecule has 1 saturated heterocycles. The number of nitrogens with zero attached hydrogens (tertiary/aromatic N) is 2. The molecule has 2 aliphatic rings. The van der Waals surface area contributed by atoms with Crippen molar-refractivity contribution in [1.82, 2.24) is 4.98 Å². The van der Waals surface area contributed by atoms with Gasteiger partial charge >= 0.3 is 0 Å². The molecule has 1 atom stereocenters. The van der Waals surface area contributed by atoms with Crippen molar-refractivity contribution in [2.75, 3.05) is 18.0 Å². The van der Waals surface area contributed by atoms with Gasteiger partial charge in [0.1, 0.15) is 0 Å². The van der Waals surface area contributed by atoms with Gasteiger partial charge in [-0.15, -0.1) is 0 Å². The average molecular weight is 238 g/mol. The van der Waals surface area contributed by atoms with Crippen molar-refractivity contribution in [2.45, 2.75) is 38.7 Å². The Bertz CT molecular complexity index is 386. The summed E-state index contributed by atoms with van der Waals surface area (Å²) >= 11 is 1.69. The maximum atomic E-state index is 9.36. The molecule has 3 nitrogen and oxygen atoms in total. The predicted molar refractivity (Wildman–Crippen MR) is 66.0 cm³/mol. The van der Waals surface area contributed by atoms with Gasteiger partial charge < -0.3 is 10.0 Å². The lowest BCUT2D eigenvalue weighted by Crippen LogP contribution is -2.18. The summed E-state index contributed by atoms with van der Waals surface area (Å²) in [4.78, 5) is 8.21. The molecule has 1 aliphatic heterocycles. The van der Waals surface area contributed by atoms with Crippen LogP contribution < -0.4 is 4.90 Å². The molecule has 2 fully saturated rings. The highest BCUT2D eigenvalue weighted by Crippen LogP contribution is 2.44. The first kappa shape index (κ1) is 10.5. The fourth-order valence-electron chi connectivity index (χ4n) is 2.38. The van der Waals surface area contributed by atoms with Crippen LogP contribution in [0.3, 0.4) is 0 Å². The molecule has 2 heterocycles. The van der Waals surface area contributed by atoms with Gasteiger partial charge in [-0.3, -0.25) is 0 Å². The van der Waals surface area contributed by atoms with Gasteiger partial charge in [-0.2, -0.15) is 0 Å². The molecule has 0 spiro atoms. The van der Waals surface area contributed by atoms with E-state index < -0.39 is 0 Å². The highest BCUT2D eigenvalue weighted by molar-refractivity contribution is 7.15. The number of anilines is 1. The second kappa shape index (κ2) is 4.00. The Morgan fingerprint density at radius 2 is 2.25 bits per heavy atom. The van der Waals surface area contributed by atoms with E-state index in [2.05, 4.69) is 11.8 Å². The van der Waals surface area contributed by atoms with E-state index in [1.54, 1.807) is 11.3 Å². The van der Waals surface area contributed by atoms with Gasteiger partial charge in [0.25, 0.3) is 0 Å². The molecule has 1 unspecified atom stereocenters. The van der Waals surface area contributed by atoms with Crippen LogP contribution in [0.4, 0.5) is 5.13 Å². The van der Waals surface area contributed by atoms with Crippen LogP contribution in [0.15, 0.2) is 0 Å². The van der Waals surface area contributed by atoms with Crippen molar-refractivity contribution in [1.29, 1.82) is 0 Å². The lowest BCUT2D eigenvalue weighted by molar-refractivity contribution is 0.284. The Hall–Kier alpha value is -0.610. The van der Waals surface area contributed by atoms with Crippen molar-refractivity contribution >= 4 is 16.5 Å².